The second kappa shape index (κ2) is 6.32. The molecule has 0 bridgehead atoms. The maximum absolute atomic E-state index is 4.31. The molecule has 0 aliphatic carbocycles. The number of hydrogen-bond donors (Lipinski definition) is 0. The number of hydrogen-bond acceptors (Lipinski definition) is 1. The Morgan fingerprint density at radius 1 is 0.800 bits per heavy atom. The van der Waals surface area contributed by atoms with E-state index in [-0.39, 0.29) is 0 Å². The van der Waals surface area contributed by atoms with Crippen molar-refractivity contribution < 1.29 is 9.36 Å². The van der Waals surface area contributed by atoms with E-state index in [0.29, 0.717) is 0 Å². The molecular formula is C21H20N4+2. The van der Waals surface area contributed by atoms with Gasteiger partial charge in [-0.2, -0.15) is 0 Å². The van der Waals surface area contributed by atoms with Crippen molar-refractivity contribution >= 4 is 0 Å². The van der Waals surface area contributed by atoms with Gasteiger partial charge in [0.15, 0.2) is 0 Å². The summed E-state index contributed by atoms with van der Waals surface area (Å²) in [6.07, 6.45) is 3.78. The molecule has 0 N–H and O–H groups in total. The number of pyridine rings is 1. The van der Waals surface area contributed by atoms with Gasteiger partial charge in [-0.25, -0.2) is 0 Å². The summed E-state index contributed by atoms with van der Waals surface area (Å²) in [6, 6.07) is 25.4. The molecule has 0 aliphatic heterocycles. The maximum atomic E-state index is 4.31. The highest BCUT2D eigenvalue weighted by atomic mass is 15.5. The van der Waals surface area contributed by atoms with Crippen molar-refractivity contribution in [2.75, 3.05) is 0 Å². The molecule has 0 saturated carbocycles. The van der Waals surface area contributed by atoms with E-state index in [4.69, 9.17) is 0 Å². The van der Waals surface area contributed by atoms with Gasteiger partial charge in [0.05, 0.1) is 5.56 Å². The summed E-state index contributed by atoms with van der Waals surface area (Å²) in [5.74, 6) is 0. The molecular weight excluding hydrogens is 308 g/mol. The van der Waals surface area contributed by atoms with Crippen LogP contribution in [0.15, 0.2) is 85.5 Å². The lowest BCUT2D eigenvalue weighted by molar-refractivity contribution is -0.760. The minimum absolute atomic E-state index is 1.12. The third-order valence-electron chi connectivity index (χ3n) is 4.26. The van der Waals surface area contributed by atoms with Gasteiger partial charge in [-0.05, 0) is 28.4 Å². The zero-order valence-electron chi connectivity index (χ0n) is 14.4. The van der Waals surface area contributed by atoms with Crippen molar-refractivity contribution in [1.29, 1.82) is 0 Å². The van der Waals surface area contributed by atoms with E-state index >= 15 is 0 Å². The quantitative estimate of drug-likeness (QED) is 0.531. The van der Waals surface area contributed by atoms with Crippen LogP contribution in [0.4, 0.5) is 0 Å². The zero-order valence-corrected chi connectivity index (χ0v) is 14.4. The van der Waals surface area contributed by atoms with Crippen LogP contribution in [-0.4, -0.2) is 9.77 Å². The summed E-state index contributed by atoms with van der Waals surface area (Å²) in [5.41, 5.74) is 5.85. The van der Waals surface area contributed by atoms with Gasteiger partial charge in [0.2, 0.25) is 5.69 Å². The fraction of sp³-hybridized carbons (Fsp3) is 0.0952. The molecule has 0 unspecified atom stereocenters. The van der Waals surface area contributed by atoms with Crippen LogP contribution >= 0.6 is 0 Å². The van der Waals surface area contributed by atoms with E-state index in [0.717, 1.165) is 11.4 Å². The molecule has 0 atom stereocenters. The summed E-state index contributed by atoms with van der Waals surface area (Å²) < 4.78 is 5.98. The van der Waals surface area contributed by atoms with Crippen LogP contribution < -0.4 is 9.36 Å². The van der Waals surface area contributed by atoms with E-state index in [1.165, 1.54) is 16.7 Å². The van der Waals surface area contributed by atoms with E-state index in [1.54, 1.807) is 4.68 Å². The highest BCUT2D eigenvalue weighted by Crippen LogP contribution is 2.24. The van der Waals surface area contributed by atoms with E-state index in [1.807, 2.05) is 36.5 Å². The third-order valence-corrected chi connectivity index (χ3v) is 4.26. The molecule has 4 heteroatoms. The Labute approximate surface area is 147 Å². The van der Waals surface area contributed by atoms with Crippen molar-refractivity contribution in [3.05, 3.63) is 91.1 Å². The fourth-order valence-corrected chi connectivity index (χ4v) is 3.11. The number of aryl methyl sites for hydroxylation is 2. The first-order valence-corrected chi connectivity index (χ1v) is 8.30. The number of nitrogens with zero attached hydrogens (tertiary/aromatic N) is 4. The summed E-state index contributed by atoms with van der Waals surface area (Å²) in [4.78, 5) is 0. The number of benzene rings is 2. The molecule has 0 amide bonds. The van der Waals surface area contributed by atoms with E-state index in [9.17, 15) is 0 Å². The Balaban J connectivity index is 1.98. The average molecular weight is 328 g/mol. The molecule has 0 saturated heterocycles. The molecule has 25 heavy (non-hydrogen) atoms. The Bertz CT molecular complexity index is 1000. The van der Waals surface area contributed by atoms with Crippen molar-refractivity contribution in [3.8, 4) is 22.4 Å². The Kier molecular flexibility index (Phi) is 3.86. The SMILES string of the molecule is Cc1cc(-c2ccccc2)cc(-c2ccccc2)[n+]1-n1cn[n+](C)c1. The molecule has 4 aromatic rings. The zero-order chi connectivity index (χ0) is 17.2. The molecule has 0 radical (unpaired) electrons. The lowest BCUT2D eigenvalue weighted by Gasteiger charge is -2.06. The highest BCUT2D eigenvalue weighted by Gasteiger charge is 2.25. The van der Waals surface area contributed by atoms with Gasteiger partial charge in [-0.1, -0.05) is 48.5 Å². The van der Waals surface area contributed by atoms with Gasteiger partial charge in [0, 0.05) is 28.4 Å². The minimum Gasteiger partial charge on any atom is -0.135 e. The van der Waals surface area contributed by atoms with Crippen LogP contribution in [0.25, 0.3) is 22.4 Å². The van der Waals surface area contributed by atoms with Crippen molar-refractivity contribution in [3.63, 3.8) is 0 Å². The van der Waals surface area contributed by atoms with Crippen LogP contribution in [0.5, 0.6) is 0 Å². The fourth-order valence-electron chi connectivity index (χ4n) is 3.11. The predicted molar refractivity (Wildman–Crippen MR) is 96.4 cm³/mol. The topological polar surface area (TPSA) is 25.6 Å². The second-order valence-electron chi connectivity index (χ2n) is 6.11. The Morgan fingerprint density at radius 3 is 2.04 bits per heavy atom. The standard InChI is InChI=1S/C21H20N4/c1-17-13-20(18-9-5-3-6-10-18)14-21(19-11-7-4-8-12-19)25(17)24-15-22-23(2)16-24/h3-16H,1-2H3/q+2. The molecule has 2 aromatic heterocycles. The molecule has 2 heterocycles. The normalized spacial score (nSPS) is 10.8. The number of rotatable bonds is 3. The number of aromatic nitrogens is 4. The van der Waals surface area contributed by atoms with Gasteiger partial charge >= 0.3 is 6.33 Å². The first-order valence-electron chi connectivity index (χ1n) is 8.30. The molecule has 0 fully saturated rings. The Hall–Kier alpha value is -3.27. The van der Waals surface area contributed by atoms with Crippen LogP contribution in [0.3, 0.4) is 0 Å². The molecule has 122 valence electrons. The van der Waals surface area contributed by atoms with Gasteiger partial charge in [0.1, 0.15) is 7.05 Å². The summed E-state index contributed by atoms with van der Waals surface area (Å²) in [6.45, 7) is 2.12. The van der Waals surface area contributed by atoms with Crippen LogP contribution in [-0.2, 0) is 7.05 Å². The molecule has 0 spiro atoms. The molecule has 4 rings (SSSR count). The van der Waals surface area contributed by atoms with Crippen LogP contribution in [0, 0.1) is 6.92 Å². The maximum Gasteiger partial charge on any atom is 0.329 e. The largest absolute Gasteiger partial charge is 0.329 e. The minimum atomic E-state index is 1.12. The Morgan fingerprint density at radius 2 is 1.44 bits per heavy atom. The first-order chi connectivity index (χ1) is 12.2. The third kappa shape index (κ3) is 2.94. The molecule has 0 aliphatic rings. The van der Waals surface area contributed by atoms with Crippen molar-refractivity contribution in [1.82, 2.24) is 9.77 Å². The van der Waals surface area contributed by atoms with Gasteiger partial charge in [0.25, 0.3) is 12.0 Å². The smallest absolute Gasteiger partial charge is 0.135 e. The van der Waals surface area contributed by atoms with Crippen LogP contribution in [0.1, 0.15) is 5.69 Å². The highest BCUT2D eigenvalue weighted by molar-refractivity contribution is 5.69. The summed E-state index contributed by atoms with van der Waals surface area (Å²) in [5, 5.41) is 4.31. The first kappa shape index (κ1) is 15.3. The average Bonchev–Trinajstić information content (AvgIpc) is 3.08. The van der Waals surface area contributed by atoms with Crippen molar-refractivity contribution in [2.45, 2.75) is 6.92 Å². The van der Waals surface area contributed by atoms with Crippen LogP contribution in [0.2, 0.25) is 0 Å². The monoisotopic (exact) mass is 328 g/mol. The van der Waals surface area contributed by atoms with Gasteiger partial charge in [-0.3, -0.25) is 0 Å². The lowest BCUT2D eigenvalue weighted by Crippen LogP contribution is -2.47. The summed E-state index contributed by atoms with van der Waals surface area (Å²) >= 11 is 0. The lowest BCUT2D eigenvalue weighted by atomic mass is 10.0. The van der Waals surface area contributed by atoms with Gasteiger partial charge in [-0.15, -0.1) is 4.68 Å². The van der Waals surface area contributed by atoms with Gasteiger partial charge < -0.3 is 0 Å². The van der Waals surface area contributed by atoms with E-state index in [2.05, 4.69) is 77.4 Å². The van der Waals surface area contributed by atoms with Crippen molar-refractivity contribution in [2.24, 2.45) is 7.05 Å². The predicted octanol–water partition coefficient (Wildman–Crippen LogP) is 2.95. The van der Waals surface area contributed by atoms with E-state index < -0.39 is 0 Å². The molecule has 2 aromatic carbocycles. The summed E-state index contributed by atoms with van der Waals surface area (Å²) in [7, 11) is 1.92. The molecule has 4 nitrogen and oxygen atoms in total. The second-order valence-corrected chi connectivity index (χ2v) is 6.11.